The Hall–Kier alpha value is -0.500. The van der Waals surface area contributed by atoms with Crippen molar-refractivity contribution in [1.82, 2.24) is 4.98 Å². The van der Waals surface area contributed by atoms with Crippen LogP contribution in [0.4, 0.5) is 0 Å². The lowest BCUT2D eigenvalue weighted by molar-refractivity contribution is 0.515. The highest BCUT2D eigenvalue weighted by molar-refractivity contribution is 8.00. The van der Waals surface area contributed by atoms with Gasteiger partial charge < -0.3 is 0 Å². The molecule has 0 aromatic carbocycles. The van der Waals surface area contributed by atoms with Crippen molar-refractivity contribution < 1.29 is 0 Å². The van der Waals surface area contributed by atoms with Gasteiger partial charge in [-0.15, -0.1) is 11.8 Å². The number of nitrogens with zero attached hydrogens (tertiary/aromatic N) is 1. The van der Waals surface area contributed by atoms with Crippen LogP contribution >= 0.6 is 11.8 Å². The zero-order chi connectivity index (χ0) is 10.5. The lowest BCUT2D eigenvalue weighted by atomic mass is 10.0. The van der Waals surface area contributed by atoms with E-state index < -0.39 is 0 Å². The maximum absolute atomic E-state index is 4.42. The van der Waals surface area contributed by atoms with E-state index in [1.54, 1.807) is 0 Å². The summed E-state index contributed by atoms with van der Waals surface area (Å²) in [5, 5.41) is 1.42. The fraction of sp³-hybridized carbons (Fsp3) is 0.615. The molecule has 1 aliphatic rings. The highest BCUT2D eigenvalue weighted by atomic mass is 32.2. The Morgan fingerprint density at radius 3 is 2.73 bits per heavy atom. The van der Waals surface area contributed by atoms with Crippen LogP contribution in [0, 0.1) is 0 Å². The molecule has 1 atom stereocenters. The summed E-state index contributed by atoms with van der Waals surface area (Å²) >= 11 is 2.11. The summed E-state index contributed by atoms with van der Waals surface area (Å²) in [6.07, 6.45) is 8.99. The monoisotopic (exact) mass is 221 g/mol. The third-order valence-corrected chi connectivity index (χ3v) is 4.56. The van der Waals surface area contributed by atoms with Crippen LogP contribution in [0.3, 0.4) is 0 Å². The van der Waals surface area contributed by atoms with Crippen LogP contribution in [0.15, 0.2) is 24.4 Å². The Balaban J connectivity index is 1.88. The van der Waals surface area contributed by atoms with Crippen molar-refractivity contribution in [2.45, 2.75) is 49.5 Å². The van der Waals surface area contributed by atoms with Crippen LogP contribution in [-0.2, 0) is 0 Å². The fourth-order valence-electron chi connectivity index (χ4n) is 2.18. The largest absolute Gasteiger partial charge is 0.260 e. The molecule has 82 valence electrons. The normalized spacial score (nSPS) is 20.1. The van der Waals surface area contributed by atoms with E-state index in [-0.39, 0.29) is 0 Å². The van der Waals surface area contributed by atoms with E-state index in [2.05, 4.69) is 35.8 Å². The van der Waals surface area contributed by atoms with Gasteiger partial charge in [-0.05, 0) is 31.9 Å². The van der Waals surface area contributed by atoms with Crippen LogP contribution < -0.4 is 0 Å². The van der Waals surface area contributed by atoms with Crippen LogP contribution in [0.25, 0.3) is 0 Å². The zero-order valence-corrected chi connectivity index (χ0v) is 10.2. The minimum absolute atomic E-state index is 0.550. The predicted molar refractivity (Wildman–Crippen MR) is 67.1 cm³/mol. The highest BCUT2D eigenvalue weighted by Crippen LogP contribution is 2.37. The standard InChI is InChI=1S/C13H19NS/c1-11(13-9-5-6-10-14-13)15-12-7-3-2-4-8-12/h5-6,9-12H,2-4,7-8H2,1H3/t11-/m1/s1. The van der Waals surface area contributed by atoms with E-state index in [9.17, 15) is 0 Å². The minimum Gasteiger partial charge on any atom is -0.260 e. The van der Waals surface area contributed by atoms with Crippen LogP contribution in [0.5, 0.6) is 0 Å². The fourth-order valence-corrected chi connectivity index (χ4v) is 3.64. The summed E-state index contributed by atoms with van der Waals surface area (Å²) < 4.78 is 0. The molecule has 1 fully saturated rings. The van der Waals surface area contributed by atoms with Gasteiger partial charge in [0.2, 0.25) is 0 Å². The maximum Gasteiger partial charge on any atom is 0.0530 e. The molecule has 0 saturated heterocycles. The number of aromatic nitrogens is 1. The van der Waals surface area contributed by atoms with Crippen molar-refractivity contribution in [2.24, 2.45) is 0 Å². The Bertz CT molecular complexity index is 280. The average Bonchev–Trinajstić information content (AvgIpc) is 2.31. The molecule has 1 aliphatic carbocycles. The summed E-state index contributed by atoms with van der Waals surface area (Å²) in [5.74, 6) is 0. The first-order chi connectivity index (χ1) is 7.36. The third-order valence-electron chi connectivity index (χ3n) is 3.05. The first kappa shape index (κ1) is 11.0. The average molecular weight is 221 g/mol. The molecule has 1 saturated carbocycles. The Kier molecular flexibility index (Phi) is 4.07. The third kappa shape index (κ3) is 3.23. The summed E-state index contributed by atoms with van der Waals surface area (Å²) in [6, 6.07) is 6.21. The van der Waals surface area contributed by atoms with E-state index in [4.69, 9.17) is 0 Å². The van der Waals surface area contributed by atoms with Gasteiger partial charge in [0, 0.05) is 16.7 Å². The van der Waals surface area contributed by atoms with Crippen LogP contribution in [0.2, 0.25) is 0 Å². The van der Waals surface area contributed by atoms with Gasteiger partial charge in [0.15, 0.2) is 0 Å². The second kappa shape index (κ2) is 5.55. The molecule has 1 aromatic rings. The molecule has 1 aromatic heterocycles. The molecule has 2 heteroatoms. The number of pyridine rings is 1. The number of hydrogen-bond acceptors (Lipinski definition) is 2. The molecule has 0 amide bonds. The zero-order valence-electron chi connectivity index (χ0n) is 9.36. The number of hydrogen-bond donors (Lipinski definition) is 0. The number of rotatable bonds is 3. The smallest absolute Gasteiger partial charge is 0.0530 e. The second-order valence-corrected chi connectivity index (χ2v) is 5.94. The van der Waals surface area contributed by atoms with Gasteiger partial charge in [0.05, 0.1) is 5.69 Å². The summed E-state index contributed by atoms with van der Waals surface area (Å²) in [7, 11) is 0. The SMILES string of the molecule is C[C@@H](SC1CCCCC1)c1ccccn1. The van der Waals surface area contributed by atoms with Gasteiger partial charge in [-0.25, -0.2) is 0 Å². The van der Waals surface area contributed by atoms with Crippen molar-refractivity contribution in [3.8, 4) is 0 Å². The van der Waals surface area contributed by atoms with Crippen molar-refractivity contribution in [3.63, 3.8) is 0 Å². The van der Waals surface area contributed by atoms with Crippen LogP contribution in [0.1, 0.15) is 50.0 Å². The molecule has 0 N–H and O–H groups in total. The van der Waals surface area contributed by atoms with E-state index in [1.165, 1.54) is 37.8 Å². The first-order valence-corrected chi connectivity index (χ1v) is 6.87. The minimum atomic E-state index is 0.550. The van der Waals surface area contributed by atoms with E-state index in [0.29, 0.717) is 5.25 Å². The Labute approximate surface area is 96.7 Å². The van der Waals surface area contributed by atoms with E-state index in [0.717, 1.165) is 5.25 Å². The molecule has 1 nitrogen and oxygen atoms in total. The van der Waals surface area contributed by atoms with Crippen molar-refractivity contribution in [1.29, 1.82) is 0 Å². The summed E-state index contributed by atoms with van der Waals surface area (Å²) in [6.45, 7) is 2.28. The van der Waals surface area contributed by atoms with Gasteiger partial charge in [-0.3, -0.25) is 4.98 Å². The lowest BCUT2D eigenvalue weighted by Gasteiger charge is -2.24. The summed E-state index contributed by atoms with van der Waals surface area (Å²) in [5.41, 5.74) is 1.23. The topological polar surface area (TPSA) is 12.9 Å². The highest BCUT2D eigenvalue weighted by Gasteiger charge is 2.18. The second-order valence-electron chi connectivity index (χ2n) is 4.29. The predicted octanol–water partition coefficient (Wildman–Crippen LogP) is 4.21. The molecule has 0 bridgehead atoms. The molecule has 0 radical (unpaired) electrons. The molecular formula is C13H19NS. The lowest BCUT2D eigenvalue weighted by Crippen LogP contribution is -2.10. The molecule has 1 heterocycles. The van der Waals surface area contributed by atoms with Crippen molar-refractivity contribution in [3.05, 3.63) is 30.1 Å². The number of thioether (sulfide) groups is 1. The van der Waals surface area contributed by atoms with E-state index >= 15 is 0 Å². The molecular weight excluding hydrogens is 202 g/mol. The molecule has 15 heavy (non-hydrogen) atoms. The molecule has 0 aliphatic heterocycles. The Morgan fingerprint density at radius 2 is 2.07 bits per heavy atom. The molecule has 0 spiro atoms. The molecule has 2 rings (SSSR count). The quantitative estimate of drug-likeness (QED) is 0.758. The van der Waals surface area contributed by atoms with Gasteiger partial charge in [0.25, 0.3) is 0 Å². The summed E-state index contributed by atoms with van der Waals surface area (Å²) in [4.78, 5) is 4.42. The van der Waals surface area contributed by atoms with Gasteiger partial charge in [-0.2, -0.15) is 0 Å². The van der Waals surface area contributed by atoms with Gasteiger partial charge in [-0.1, -0.05) is 25.3 Å². The Morgan fingerprint density at radius 1 is 1.27 bits per heavy atom. The van der Waals surface area contributed by atoms with E-state index in [1.807, 2.05) is 12.3 Å². The maximum atomic E-state index is 4.42. The first-order valence-electron chi connectivity index (χ1n) is 5.92. The molecule has 0 unspecified atom stereocenters. The van der Waals surface area contributed by atoms with Crippen molar-refractivity contribution >= 4 is 11.8 Å². The van der Waals surface area contributed by atoms with Crippen molar-refractivity contribution in [2.75, 3.05) is 0 Å². The van der Waals surface area contributed by atoms with Gasteiger partial charge >= 0.3 is 0 Å². The van der Waals surface area contributed by atoms with Gasteiger partial charge in [0.1, 0.15) is 0 Å². The van der Waals surface area contributed by atoms with Crippen LogP contribution in [-0.4, -0.2) is 10.2 Å².